The maximum atomic E-state index is 11.9. The molecule has 2 nitrogen and oxygen atoms in total. The van der Waals surface area contributed by atoms with Crippen LogP contribution in [0.15, 0.2) is 29.2 Å². The lowest BCUT2D eigenvalue weighted by atomic mass is 10.2. The summed E-state index contributed by atoms with van der Waals surface area (Å²) in [7, 11) is -2.59. The van der Waals surface area contributed by atoms with Gasteiger partial charge in [-0.1, -0.05) is 17.7 Å². The lowest BCUT2D eigenvalue weighted by Crippen LogP contribution is -2.12. The van der Waals surface area contributed by atoms with Gasteiger partial charge >= 0.3 is 0 Å². The monoisotopic (exact) mass is 197 g/mol. The van der Waals surface area contributed by atoms with Crippen LogP contribution in [-0.4, -0.2) is 9.46 Å². The van der Waals surface area contributed by atoms with Gasteiger partial charge in [-0.25, -0.2) is 8.99 Å². The van der Waals surface area contributed by atoms with E-state index in [0.29, 0.717) is 4.90 Å². The summed E-state index contributed by atoms with van der Waals surface area (Å²) >= 11 is 0. The molecule has 0 aliphatic carbocycles. The molecule has 0 amide bonds. The molecule has 0 aliphatic heterocycles. The lowest BCUT2D eigenvalue weighted by molar-refractivity contribution is 0.667. The molecule has 0 aromatic heterocycles. The number of aryl methyl sites for hydroxylation is 1. The summed E-state index contributed by atoms with van der Waals surface area (Å²) < 4.78 is 19.6. The molecule has 13 heavy (non-hydrogen) atoms. The molecule has 1 atom stereocenters. The molecule has 0 radical (unpaired) electrons. The van der Waals surface area contributed by atoms with Crippen LogP contribution in [0, 0.1) is 11.7 Å². The van der Waals surface area contributed by atoms with Crippen LogP contribution in [0.5, 0.6) is 0 Å². The predicted molar refractivity (Wildman–Crippen MR) is 55.4 cm³/mol. The van der Waals surface area contributed by atoms with Gasteiger partial charge in [-0.05, 0) is 32.9 Å². The van der Waals surface area contributed by atoms with Crippen LogP contribution in [0.4, 0.5) is 0 Å². The fourth-order valence-electron chi connectivity index (χ4n) is 1.01. The minimum absolute atomic E-state index is 0.129. The minimum Gasteiger partial charge on any atom is -0.249 e. The Bertz CT molecular complexity index is 376. The van der Waals surface area contributed by atoms with Gasteiger partial charge in [-0.3, -0.25) is 0 Å². The molecule has 0 saturated heterocycles. The van der Waals surface area contributed by atoms with E-state index in [-0.39, 0.29) is 5.25 Å². The second kappa shape index (κ2) is 3.50. The molecule has 0 unspecified atom stereocenters. The van der Waals surface area contributed by atoms with E-state index < -0.39 is 9.73 Å². The molecule has 0 aliphatic rings. The SMILES string of the molecule is Cc1ccc([S@](=N)(=O)C(C)C)cc1. The van der Waals surface area contributed by atoms with Crippen molar-refractivity contribution in [3.05, 3.63) is 29.8 Å². The third-order valence-electron chi connectivity index (χ3n) is 2.03. The highest BCUT2D eigenvalue weighted by Crippen LogP contribution is 2.16. The number of hydrogen-bond acceptors (Lipinski definition) is 2. The van der Waals surface area contributed by atoms with Gasteiger partial charge in [0.1, 0.15) is 0 Å². The molecule has 0 fully saturated rings. The Hall–Kier alpha value is -0.830. The summed E-state index contributed by atoms with van der Waals surface area (Å²) in [6.07, 6.45) is 0. The van der Waals surface area contributed by atoms with Gasteiger partial charge in [-0.15, -0.1) is 0 Å². The molecule has 0 heterocycles. The Kier molecular flexibility index (Phi) is 2.76. The van der Waals surface area contributed by atoms with Gasteiger partial charge in [0.25, 0.3) is 0 Å². The first-order chi connectivity index (χ1) is 5.94. The quantitative estimate of drug-likeness (QED) is 0.778. The molecular formula is C10H15NOS. The Balaban J connectivity index is 3.17. The summed E-state index contributed by atoms with van der Waals surface area (Å²) in [5.74, 6) is 0. The summed E-state index contributed by atoms with van der Waals surface area (Å²) in [6.45, 7) is 5.61. The molecule has 3 heteroatoms. The molecule has 0 spiro atoms. The molecule has 1 aromatic carbocycles. The number of hydrogen-bond donors (Lipinski definition) is 1. The van der Waals surface area contributed by atoms with E-state index in [4.69, 9.17) is 4.78 Å². The van der Waals surface area contributed by atoms with Crippen molar-refractivity contribution in [2.75, 3.05) is 0 Å². The van der Waals surface area contributed by atoms with Gasteiger partial charge in [0.2, 0.25) is 0 Å². The average molecular weight is 197 g/mol. The van der Waals surface area contributed by atoms with Gasteiger partial charge in [0, 0.05) is 10.1 Å². The van der Waals surface area contributed by atoms with Crippen molar-refractivity contribution in [1.82, 2.24) is 0 Å². The van der Waals surface area contributed by atoms with Crippen LogP contribution in [-0.2, 0) is 9.73 Å². The molecule has 0 bridgehead atoms. The van der Waals surface area contributed by atoms with Gasteiger partial charge in [0.05, 0.1) is 9.73 Å². The zero-order chi connectivity index (χ0) is 10.1. The van der Waals surface area contributed by atoms with Crippen LogP contribution in [0.1, 0.15) is 19.4 Å². The second-order valence-electron chi connectivity index (χ2n) is 3.46. The van der Waals surface area contributed by atoms with Crippen molar-refractivity contribution < 1.29 is 4.21 Å². The van der Waals surface area contributed by atoms with Crippen LogP contribution in [0.2, 0.25) is 0 Å². The second-order valence-corrected chi connectivity index (χ2v) is 6.08. The van der Waals surface area contributed by atoms with Gasteiger partial charge in [-0.2, -0.15) is 0 Å². The highest BCUT2D eigenvalue weighted by atomic mass is 32.2. The van der Waals surface area contributed by atoms with E-state index in [1.165, 1.54) is 0 Å². The summed E-state index contributed by atoms with van der Waals surface area (Å²) in [5.41, 5.74) is 1.13. The molecule has 72 valence electrons. The first-order valence-corrected chi connectivity index (χ1v) is 5.91. The Labute approximate surface area is 80.0 Å². The largest absolute Gasteiger partial charge is 0.249 e. The van der Waals surface area contributed by atoms with Crippen molar-refractivity contribution >= 4 is 9.73 Å². The van der Waals surface area contributed by atoms with E-state index in [9.17, 15) is 4.21 Å². The highest BCUT2D eigenvalue weighted by Gasteiger charge is 2.13. The van der Waals surface area contributed by atoms with E-state index in [0.717, 1.165) is 5.56 Å². The van der Waals surface area contributed by atoms with Crippen molar-refractivity contribution in [2.45, 2.75) is 30.9 Å². The molecular weight excluding hydrogens is 182 g/mol. The molecule has 1 rings (SSSR count). The molecule has 1 N–H and O–H groups in total. The fraction of sp³-hybridized carbons (Fsp3) is 0.400. The van der Waals surface area contributed by atoms with Crippen LogP contribution >= 0.6 is 0 Å². The van der Waals surface area contributed by atoms with E-state index in [1.54, 1.807) is 12.1 Å². The normalized spacial score (nSPS) is 15.7. The van der Waals surface area contributed by atoms with E-state index in [2.05, 4.69) is 0 Å². The van der Waals surface area contributed by atoms with Crippen LogP contribution in [0.25, 0.3) is 0 Å². The van der Waals surface area contributed by atoms with Crippen molar-refractivity contribution in [3.63, 3.8) is 0 Å². The minimum atomic E-state index is -2.59. The van der Waals surface area contributed by atoms with E-state index in [1.807, 2.05) is 32.9 Å². The fourth-order valence-corrected chi connectivity index (χ4v) is 2.10. The lowest BCUT2D eigenvalue weighted by Gasteiger charge is -2.10. The van der Waals surface area contributed by atoms with Gasteiger partial charge < -0.3 is 0 Å². The molecule has 1 aromatic rings. The average Bonchev–Trinajstić information content (AvgIpc) is 2.04. The number of nitrogens with one attached hydrogen (secondary N) is 1. The van der Waals surface area contributed by atoms with E-state index >= 15 is 0 Å². The maximum absolute atomic E-state index is 11.9. The summed E-state index contributed by atoms with van der Waals surface area (Å²) in [6, 6.07) is 7.35. The first-order valence-electron chi connectivity index (χ1n) is 4.29. The zero-order valence-electron chi connectivity index (χ0n) is 8.20. The number of benzene rings is 1. The Morgan fingerprint density at radius 2 is 1.69 bits per heavy atom. The van der Waals surface area contributed by atoms with Crippen molar-refractivity contribution in [2.24, 2.45) is 0 Å². The van der Waals surface area contributed by atoms with Crippen LogP contribution < -0.4 is 0 Å². The Morgan fingerprint density at radius 1 is 1.23 bits per heavy atom. The third-order valence-corrected chi connectivity index (χ3v) is 4.34. The smallest absolute Gasteiger partial charge is 0.0749 e. The zero-order valence-corrected chi connectivity index (χ0v) is 9.02. The predicted octanol–water partition coefficient (Wildman–Crippen LogP) is 2.81. The van der Waals surface area contributed by atoms with Crippen molar-refractivity contribution in [3.8, 4) is 0 Å². The maximum Gasteiger partial charge on any atom is 0.0749 e. The topological polar surface area (TPSA) is 40.9 Å². The van der Waals surface area contributed by atoms with Crippen LogP contribution in [0.3, 0.4) is 0 Å². The molecule has 0 saturated carbocycles. The highest BCUT2D eigenvalue weighted by molar-refractivity contribution is 7.93. The van der Waals surface area contributed by atoms with Gasteiger partial charge in [0.15, 0.2) is 0 Å². The summed E-state index contributed by atoms with van der Waals surface area (Å²) in [4.78, 5) is 0.633. The Morgan fingerprint density at radius 3 is 2.08 bits per heavy atom. The standard InChI is InChI=1S/C10H15NOS/c1-8(2)13(11,12)10-6-4-9(3)5-7-10/h4-8,11H,1-3H3/t13-/m1/s1. The number of rotatable bonds is 2. The van der Waals surface area contributed by atoms with Crippen molar-refractivity contribution in [1.29, 1.82) is 4.78 Å². The summed E-state index contributed by atoms with van der Waals surface area (Å²) in [5, 5.41) is -0.129. The first kappa shape index (κ1) is 10.3. The third kappa shape index (κ3) is 2.10.